The summed E-state index contributed by atoms with van der Waals surface area (Å²) in [6, 6.07) is 5.83. The van der Waals surface area contributed by atoms with E-state index in [9.17, 15) is 9.59 Å². The van der Waals surface area contributed by atoms with Crippen molar-refractivity contribution >= 4 is 28.9 Å². The first-order valence-electron chi connectivity index (χ1n) is 6.45. The molecule has 0 saturated heterocycles. The van der Waals surface area contributed by atoms with Gasteiger partial charge in [0.25, 0.3) is 0 Å². The number of carbonyl (C=O) groups excluding carboxylic acids is 1. The predicted octanol–water partition coefficient (Wildman–Crippen LogP) is 3.20. The summed E-state index contributed by atoms with van der Waals surface area (Å²) in [5.74, 6) is -1.78. The second-order valence-corrected chi connectivity index (χ2v) is 5.80. The third-order valence-corrected chi connectivity index (χ3v) is 4.18. The smallest absolute Gasteiger partial charge is 0.355 e. The molecule has 0 aliphatic heterocycles. The number of benzene rings is 1. The summed E-state index contributed by atoms with van der Waals surface area (Å²) in [6.07, 6.45) is 0. The lowest BCUT2D eigenvalue weighted by atomic mass is 10.1. The molecule has 1 atom stereocenters. The third-order valence-electron chi connectivity index (χ3n) is 3.16. The zero-order chi connectivity index (χ0) is 15.6. The van der Waals surface area contributed by atoms with Crippen LogP contribution in [0.1, 0.15) is 39.5 Å². The van der Waals surface area contributed by atoms with E-state index < -0.39 is 11.9 Å². The normalized spacial score (nSPS) is 12.0. The first kappa shape index (κ1) is 15.2. The number of thiazole rings is 1. The molecule has 6 heteroatoms. The number of hydrogen-bond acceptors (Lipinski definition) is 4. The van der Waals surface area contributed by atoms with Gasteiger partial charge in [-0.2, -0.15) is 0 Å². The molecule has 0 radical (unpaired) electrons. The van der Waals surface area contributed by atoms with Crippen molar-refractivity contribution in [2.45, 2.75) is 26.7 Å². The Hall–Kier alpha value is -2.21. The van der Waals surface area contributed by atoms with Gasteiger partial charge in [0.15, 0.2) is 5.69 Å². The minimum atomic E-state index is -1.08. The molecule has 0 bridgehead atoms. The van der Waals surface area contributed by atoms with E-state index in [4.69, 9.17) is 5.11 Å². The number of aromatic nitrogens is 1. The molecule has 0 fully saturated rings. The maximum atomic E-state index is 12.3. The molecule has 21 heavy (non-hydrogen) atoms. The van der Waals surface area contributed by atoms with Crippen molar-refractivity contribution in [3.63, 3.8) is 0 Å². The third kappa shape index (κ3) is 3.46. The number of carboxylic acid groups (broad SMARTS) is 1. The molecule has 110 valence electrons. The molecule has 1 unspecified atom stereocenters. The van der Waals surface area contributed by atoms with E-state index in [0.717, 1.165) is 16.8 Å². The molecule has 1 aromatic heterocycles. The van der Waals surface area contributed by atoms with Crippen molar-refractivity contribution in [2.75, 3.05) is 5.32 Å². The van der Waals surface area contributed by atoms with Crippen LogP contribution in [0, 0.1) is 13.8 Å². The van der Waals surface area contributed by atoms with Gasteiger partial charge in [0.2, 0.25) is 5.91 Å². The van der Waals surface area contributed by atoms with Gasteiger partial charge >= 0.3 is 5.97 Å². The summed E-state index contributed by atoms with van der Waals surface area (Å²) < 4.78 is 0. The molecule has 2 aromatic rings. The van der Waals surface area contributed by atoms with Crippen LogP contribution in [0.2, 0.25) is 0 Å². The number of rotatable bonds is 4. The number of nitrogens with zero attached hydrogens (tertiary/aromatic N) is 1. The van der Waals surface area contributed by atoms with Crippen molar-refractivity contribution in [3.8, 4) is 0 Å². The van der Waals surface area contributed by atoms with Gasteiger partial charge in [-0.05, 0) is 38.0 Å². The van der Waals surface area contributed by atoms with Crippen LogP contribution in [0.5, 0.6) is 0 Å². The van der Waals surface area contributed by atoms with Crippen molar-refractivity contribution in [1.29, 1.82) is 0 Å². The Morgan fingerprint density at radius 3 is 2.67 bits per heavy atom. The van der Waals surface area contributed by atoms with Crippen molar-refractivity contribution in [2.24, 2.45) is 0 Å². The van der Waals surface area contributed by atoms with E-state index in [1.54, 1.807) is 6.92 Å². The van der Waals surface area contributed by atoms with E-state index in [-0.39, 0.29) is 11.6 Å². The van der Waals surface area contributed by atoms with E-state index >= 15 is 0 Å². The zero-order valence-electron chi connectivity index (χ0n) is 12.0. The van der Waals surface area contributed by atoms with E-state index in [1.165, 1.54) is 16.7 Å². The SMILES string of the molecule is Cc1ccc(C)c(NC(=O)C(C)c2nc(C(=O)O)cs2)c1. The first-order valence-corrected chi connectivity index (χ1v) is 7.33. The Morgan fingerprint density at radius 2 is 2.05 bits per heavy atom. The monoisotopic (exact) mass is 304 g/mol. The van der Waals surface area contributed by atoms with Crippen LogP contribution in [0.25, 0.3) is 0 Å². The Bertz CT molecular complexity index is 694. The van der Waals surface area contributed by atoms with Crippen LogP contribution in [0.15, 0.2) is 23.6 Å². The largest absolute Gasteiger partial charge is 0.476 e. The molecule has 2 N–H and O–H groups in total. The minimum absolute atomic E-state index is 0.0265. The molecule has 0 aliphatic carbocycles. The molecule has 2 rings (SSSR count). The summed E-state index contributed by atoms with van der Waals surface area (Å²) in [6.45, 7) is 5.59. The quantitative estimate of drug-likeness (QED) is 0.909. The molecule has 1 aromatic carbocycles. The van der Waals surface area contributed by atoms with Gasteiger partial charge in [0.05, 0.1) is 5.92 Å². The van der Waals surface area contributed by atoms with Gasteiger partial charge in [-0.15, -0.1) is 11.3 Å². The fourth-order valence-corrected chi connectivity index (χ4v) is 2.66. The summed E-state index contributed by atoms with van der Waals surface area (Å²) in [7, 11) is 0. The van der Waals surface area contributed by atoms with Gasteiger partial charge in [-0.25, -0.2) is 9.78 Å². The number of carbonyl (C=O) groups is 2. The molecule has 0 saturated carbocycles. The Labute approximate surface area is 126 Å². The molecule has 1 amide bonds. The summed E-state index contributed by atoms with van der Waals surface area (Å²) in [5.41, 5.74) is 2.78. The van der Waals surface area contributed by atoms with Crippen molar-refractivity contribution in [1.82, 2.24) is 4.98 Å². The predicted molar refractivity (Wildman–Crippen MR) is 82.0 cm³/mol. The maximum absolute atomic E-state index is 12.3. The van der Waals surface area contributed by atoms with Gasteiger partial charge in [0, 0.05) is 11.1 Å². The van der Waals surface area contributed by atoms with E-state index in [2.05, 4.69) is 10.3 Å². The Morgan fingerprint density at radius 1 is 1.33 bits per heavy atom. The Balaban J connectivity index is 2.15. The van der Waals surface area contributed by atoms with Crippen LogP contribution >= 0.6 is 11.3 Å². The van der Waals surface area contributed by atoms with Crippen LogP contribution < -0.4 is 5.32 Å². The van der Waals surface area contributed by atoms with E-state index in [0.29, 0.717) is 5.01 Å². The lowest BCUT2D eigenvalue weighted by molar-refractivity contribution is -0.117. The number of anilines is 1. The molecule has 1 heterocycles. The number of hydrogen-bond donors (Lipinski definition) is 2. The van der Waals surface area contributed by atoms with Crippen LogP contribution in [0.4, 0.5) is 5.69 Å². The summed E-state index contributed by atoms with van der Waals surface area (Å²) >= 11 is 1.18. The second kappa shape index (κ2) is 6.05. The van der Waals surface area contributed by atoms with Gasteiger partial charge in [-0.3, -0.25) is 4.79 Å². The highest BCUT2D eigenvalue weighted by molar-refractivity contribution is 7.10. The molecular formula is C15H16N2O3S. The Kier molecular flexibility index (Phi) is 4.37. The number of aromatic carboxylic acids is 1. The maximum Gasteiger partial charge on any atom is 0.355 e. The van der Waals surface area contributed by atoms with Gasteiger partial charge < -0.3 is 10.4 Å². The highest BCUT2D eigenvalue weighted by Crippen LogP contribution is 2.23. The lowest BCUT2D eigenvalue weighted by Gasteiger charge is -2.12. The zero-order valence-corrected chi connectivity index (χ0v) is 12.8. The first-order chi connectivity index (χ1) is 9.88. The molecule has 0 spiro atoms. The van der Waals surface area contributed by atoms with Crippen LogP contribution in [-0.4, -0.2) is 22.0 Å². The summed E-state index contributed by atoms with van der Waals surface area (Å²) in [5, 5.41) is 13.7. The number of nitrogens with one attached hydrogen (secondary N) is 1. The fraction of sp³-hybridized carbons (Fsp3) is 0.267. The van der Waals surface area contributed by atoms with Crippen molar-refractivity contribution in [3.05, 3.63) is 45.4 Å². The van der Waals surface area contributed by atoms with Crippen molar-refractivity contribution < 1.29 is 14.7 Å². The number of aryl methyl sites for hydroxylation is 2. The topological polar surface area (TPSA) is 79.3 Å². The van der Waals surface area contributed by atoms with Gasteiger partial charge in [0.1, 0.15) is 5.01 Å². The number of carboxylic acids is 1. The highest BCUT2D eigenvalue weighted by Gasteiger charge is 2.21. The van der Waals surface area contributed by atoms with Gasteiger partial charge in [-0.1, -0.05) is 12.1 Å². The van der Waals surface area contributed by atoms with E-state index in [1.807, 2.05) is 32.0 Å². The summed E-state index contributed by atoms with van der Waals surface area (Å²) in [4.78, 5) is 27.1. The molecule has 0 aliphatic rings. The minimum Gasteiger partial charge on any atom is -0.476 e. The average molecular weight is 304 g/mol. The second-order valence-electron chi connectivity index (χ2n) is 4.91. The fourth-order valence-electron chi connectivity index (χ4n) is 1.81. The highest BCUT2D eigenvalue weighted by atomic mass is 32.1. The molecular weight excluding hydrogens is 288 g/mol. The lowest BCUT2D eigenvalue weighted by Crippen LogP contribution is -2.19. The molecule has 5 nitrogen and oxygen atoms in total. The standard InChI is InChI=1S/C15H16N2O3S/c1-8-4-5-9(2)11(6-8)16-13(18)10(3)14-17-12(7-21-14)15(19)20/h4-7,10H,1-3H3,(H,16,18)(H,19,20). The number of amides is 1. The van der Waals surface area contributed by atoms with Crippen LogP contribution in [0.3, 0.4) is 0 Å². The average Bonchev–Trinajstić information content (AvgIpc) is 2.91. The van der Waals surface area contributed by atoms with Crippen LogP contribution in [-0.2, 0) is 4.79 Å².